The molecule has 2 nitrogen and oxygen atoms in total. The van der Waals surface area contributed by atoms with Crippen molar-refractivity contribution in [3.05, 3.63) is 34.1 Å². The molecular weight excluding hydrogens is 295 g/mol. The third kappa shape index (κ3) is 3.31. The van der Waals surface area contributed by atoms with Crippen LogP contribution in [0.3, 0.4) is 0 Å². The average Bonchev–Trinajstić information content (AvgIpc) is 2.33. The van der Waals surface area contributed by atoms with Crippen molar-refractivity contribution >= 4 is 15.9 Å². The van der Waals surface area contributed by atoms with Crippen molar-refractivity contribution in [1.82, 2.24) is 10.4 Å². The van der Waals surface area contributed by atoms with Gasteiger partial charge in [-0.1, -0.05) is 22.4 Å². The van der Waals surface area contributed by atoms with Crippen LogP contribution >= 0.6 is 15.9 Å². The third-order valence-corrected chi connectivity index (χ3v) is 4.43. The van der Waals surface area contributed by atoms with Crippen LogP contribution in [0, 0.1) is 5.82 Å². The van der Waals surface area contributed by atoms with Gasteiger partial charge >= 0.3 is 0 Å². The smallest absolute Gasteiger partial charge is 0.123 e. The number of hydrogen-bond donors (Lipinski definition) is 1. The van der Waals surface area contributed by atoms with Gasteiger partial charge in [0.2, 0.25) is 0 Å². The Balaban J connectivity index is 1.99. The molecule has 0 radical (unpaired) electrons. The van der Waals surface area contributed by atoms with Crippen LogP contribution in [0.2, 0.25) is 0 Å². The number of halogens is 2. The van der Waals surface area contributed by atoms with Crippen molar-refractivity contribution in [3.63, 3.8) is 0 Å². The number of hydrazine groups is 1. The van der Waals surface area contributed by atoms with Crippen LogP contribution < -0.4 is 5.43 Å². The predicted molar refractivity (Wildman–Crippen MR) is 75.6 cm³/mol. The first-order valence-corrected chi connectivity index (χ1v) is 7.33. The van der Waals surface area contributed by atoms with Gasteiger partial charge in [0.15, 0.2) is 0 Å². The molecule has 1 aromatic carbocycles. The van der Waals surface area contributed by atoms with E-state index in [4.69, 9.17) is 0 Å². The third-order valence-electron chi connectivity index (χ3n) is 3.65. The van der Waals surface area contributed by atoms with Crippen molar-refractivity contribution in [1.29, 1.82) is 0 Å². The first-order valence-electron chi connectivity index (χ1n) is 6.53. The second kappa shape index (κ2) is 6.13. The van der Waals surface area contributed by atoms with Gasteiger partial charge in [0.25, 0.3) is 0 Å². The largest absolute Gasteiger partial charge is 0.250 e. The minimum absolute atomic E-state index is 0.185. The van der Waals surface area contributed by atoms with Crippen LogP contribution in [0.5, 0.6) is 0 Å². The van der Waals surface area contributed by atoms with Gasteiger partial charge in [-0.05, 0) is 50.5 Å². The lowest BCUT2D eigenvalue weighted by Crippen LogP contribution is -2.51. The summed E-state index contributed by atoms with van der Waals surface area (Å²) >= 11 is 3.46. The van der Waals surface area contributed by atoms with E-state index in [0.717, 1.165) is 10.0 Å². The standard InChI is InChI=1S/C14H20BrFN2/c1-10-4-3-5-11(2)18(10)17-9-12-8-13(16)6-7-14(12)15/h6-8,10-11,17H,3-5,9H2,1-2H3. The molecule has 2 unspecified atom stereocenters. The van der Waals surface area contributed by atoms with E-state index in [2.05, 4.69) is 40.2 Å². The number of piperidine rings is 1. The summed E-state index contributed by atoms with van der Waals surface area (Å²) in [6, 6.07) is 5.90. The summed E-state index contributed by atoms with van der Waals surface area (Å²) in [5.41, 5.74) is 4.40. The summed E-state index contributed by atoms with van der Waals surface area (Å²) in [7, 11) is 0. The molecule has 1 heterocycles. The molecule has 1 fully saturated rings. The maximum atomic E-state index is 13.2. The topological polar surface area (TPSA) is 15.3 Å². The molecule has 1 aliphatic rings. The zero-order chi connectivity index (χ0) is 13.1. The molecule has 0 aromatic heterocycles. The van der Waals surface area contributed by atoms with E-state index in [1.165, 1.54) is 25.3 Å². The second-order valence-corrected chi connectivity index (χ2v) is 5.96. The first kappa shape index (κ1) is 14.0. The molecule has 0 aliphatic carbocycles. The van der Waals surface area contributed by atoms with E-state index in [-0.39, 0.29) is 5.82 Å². The highest BCUT2D eigenvalue weighted by Crippen LogP contribution is 2.22. The Morgan fingerprint density at radius 1 is 1.33 bits per heavy atom. The van der Waals surface area contributed by atoms with Gasteiger partial charge in [-0.15, -0.1) is 0 Å². The van der Waals surface area contributed by atoms with Crippen LogP contribution in [-0.4, -0.2) is 17.1 Å². The molecule has 1 N–H and O–H groups in total. The van der Waals surface area contributed by atoms with Gasteiger partial charge in [0, 0.05) is 23.1 Å². The molecule has 0 bridgehead atoms. The monoisotopic (exact) mass is 314 g/mol. The predicted octanol–water partition coefficient (Wildman–Crippen LogP) is 3.86. The van der Waals surface area contributed by atoms with Crippen LogP contribution in [0.4, 0.5) is 4.39 Å². The quantitative estimate of drug-likeness (QED) is 0.911. The highest BCUT2D eigenvalue weighted by molar-refractivity contribution is 9.10. The Morgan fingerprint density at radius 3 is 2.67 bits per heavy atom. The lowest BCUT2D eigenvalue weighted by atomic mass is 10.00. The normalized spacial score (nSPS) is 25.3. The fourth-order valence-corrected chi connectivity index (χ4v) is 2.97. The Labute approximate surface area is 117 Å². The molecule has 2 rings (SSSR count). The number of benzene rings is 1. The maximum Gasteiger partial charge on any atom is 0.123 e. The number of hydrogen-bond acceptors (Lipinski definition) is 2. The highest BCUT2D eigenvalue weighted by Gasteiger charge is 2.24. The van der Waals surface area contributed by atoms with E-state index < -0.39 is 0 Å². The molecule has 100 valence electrons. The fourth-order valence-electron chi connectivity index (χ4n) is 2.59. The Kier molecular flexibility index (Phi) is 4.76. The molecule has 0 spiro atoms. The van der Waals surface area contributed by atoms with Gasteiger partial charge in [0.05, 0.1) is 0 Å². The molecule has 1 saturated heterocycles. The minimum atomic E-state index is -0.185. The van der Waals surface area contributed by atoms with Gasteiger partial charge in [-0.3, -0.25) is 5.43 Å². The molecule has 18 heavy (non-hydrogen) atoms. The maximum absolute atomic E-state index is 13.2. The molecule has 2 atom stereocenters. The van der Waals surface area contributed by atoms with Crippen molar-refractivity contribution in [3.8, 4) is 0 Å². The molecule has 4 heteroatoms. The van der Waals surface area contributed by atoms with Crippen molar-refractivity contribution in [2.75, 3.05) is 0 Å². The first-order chi connectivity index (χ1) is 8.58. The summed E-state index contributed by atoms with van der Waals surface area (Å²) in [5, 5.41) is 2.31. The SMILES string of the molecule is CC1CCCC(C)N1NCc1cc(F)ccc1Br. The summed E-state index contributed by atoms with van der Waals surface area (Å²) < 4.78 is 14.2. The van der Waals surface area contributed by atoms with Crippen molar-refractivity contribution in [2.24, 2.45) is 0 Å². The van der Waals surface area contributed by atoms with Crippen LogP contribution in [0.1, 0.15) is 38.7 Å². The summed E-state index contributed by atoms with van der Waals surface area (Å²) in [6.45, 7) is 5.14. The van der Waals surface area contributed by atoms with Gasteiger partial charge in [0.1, 0.15) is 5.82 Å². The van der Waals surface area contributed by atoms with E-state index in [1.54, 1.807) is 12.1 Å². The summed E-state index contributed by atoms with van der Waals surface area (Å²) in [4.78, 5) is 0. The molecule has 0 amide bonds. The van der Waals surface area contributed by atoms with Gasteiger partial charge in [-0.25, -0.2) is 9.40 Å². The fraction of sp³-hybridized carbons (Fsp3) is 0.571. The molecular formula is C14H20BrFN2. The molecule has 1 aromatic rings. The van der Waals surface area contributed by atoms with Crippen LogP contribution in [-0.2, 0) is 6.54 Å². The van der Waals surface area contributed by atoms with Crippen LogP contribution in [0.25, 0.3) is 0 Å². The summed E-state index contributed by atoms with van der Waals surface area (Å²) in [6.07, 6.45) is 3.74. The Bertz CT molecular complexity index is 401. The second-order valence-electron chi connectivity index (χ2n) is 5.11. The van der Waals surface area contributed by atoms with E-state index in [9.17, 15) is 4.39 Å². The van der Waals surface area contributed by atoms with E-state index >= 15 is 0 Å². The Hall–Kier alpha value is -0.450. The molecule has 1 aliphatic heterocycles. The van der Waals surface area contributed by atoms with Crippen LogP contribution in [0.15, 0.2) is 22.7 Å². The van der Waals surface area contributed by atoms with Crippen molar-refractivity contribution in [2.45, 2.75) is 51.7 Å². The summed E-state index contributed by atoms with van der Waals surface area (Å²) in [5.74, 6) is -0.185. The van der Waals surface area contributed by atoms with Crippen molar-refractivity contribution < 1.29 is 4.39 Å². The number of rotatable bonds is 3. The zero-order valence-corrected chi connectivity index (χ0v) is 12.5. The zero-order valence-electron chi connectivity index (χ0n) is 10.9. The highest BCUT2D eigenvalue weighted by atomic mass is 79.9. The lowest BCUT2D eigenvalue weighted by Gasteiger charge is -2.39. The van der Waals surface area contributed by atoms with E-state index in [0.29, 0.717) is 18.6 Å². The average molecular weight is 315 g/mol. The van der Waals surface area contributed by atoms with E-state index in [1.807, 2.05) is 0 Å². The van der Waals surface area contributed by atoms with Gasteiger partial charge < -0.3 is 0 Å². The van der Waals surface area contributed by atoms with Gasteiger partial charge in [-0.2, -0.15) is 0 Å². The lowest BCUT2D eigenvalue weighted by molar-refractivity contribution is 0.0434. The number of nitrogens with zero attached hydrogens (tertiary/aromatic N) is 1. The minimum Gasteiger partial charge on any atom is -0.250 e. The Morgan fingerprint density at radius 2 is 2.00 bits per heavy atom. The molecule has 0 saturated carbocycles. The number of nitrogens with one attached hydrogen (secondary N) is 1.